The molecule has 0 aromatic carbocycles. The Kier molecular flexibility index (Phi) is 1.82. The lowest BCUT2D eigenvalue weighted by Crippen LogP contribution is -2.30. The van der Waals surface area contributed by atoms with Crippen LogP contribution >= 0.6 is 0 Å². The van der Waals surface area contributed by atoms with Crippen molar-refractivity contribution in [2.24, 2.45) is 4.99 Å². The normalized spacial score (nSPS) is 37.0. The fraction of sp³-hybridized carbons (Fsp3) is 0.875. The van der Waals surface area contributed by atoms with E-state index < -0.39 is 0 Å². The molecule has 2 aliphatic rings. The van der Waals surface area contributed by atoms with Crippen LogP contribution < -0.4 is 5.32 Å². The molecule has 3 nitrogen and oxygen atoms in total. The average molecular weight is 154 g/mol. The summed E-state index contributed by atoms with van der Waals surface area (Å²) in [6.45, 7) is 3.97. The second-order valence-electron chi connectivity index (χ2n) is 3.28. The first-order valence-electron chi connectivity index (χ1n) is 4.30. The van der Waals surface area contributed by atoms with Gasteiger partial charge in [0.05, 0.1) is 12.1 Å². The molecule has 1 saturated heterocycles. The lowest BCUT2D eigenvalue weighted by molar-refractivity contribution is 0.308. The van der Waals surface area contributed by atoms with Crippen molar-refractivity contribution in [1.82, 2.24) is 5.32 Å². The summed E-state index contributed by atoms with van der Waals surface area (Å²) in [5.74, 6) is 0.940. The van der Waals surface area contributed by atoms with E-state index in [-0.39, 0.29) is 0 Å². The van der Waals surface area contributed by atoms with Crippen molar-refractivity contribution in [1.29, 1.82) is 0 Å². The number of hydrogen-bond donors (Lipinski definition) is 1. The number of nitrogens with one attached hydrogen (secondary N) is 1. The van der Waals surface area contributed by atoms with E-state index in [0.29, 0.717) is 12.1 Å². The highest BCUT2D eigenvalue weighted by atomic mass is 16.5. The zero-order valence-electron chi connectivity index (χ0n) is 6.84. The predicted molar refractivity (Wildman–Crippen MR) is 43.9 cm³/mol. The quantitative estimate of drug-likeness (QED) is 0.598. The molecule has 2 heterocycles. The SMILES string of the molecule is C[C@@H]1COC([C@@H]2CCCN2)=N1. The highest BCUT2D eigenvalue weighted by Gasteiger charge is 2.25. The highest BCUT2D eigenvalue weighted by molar-refractivity contribution is 5.83. The zero-order chi connectivity index (χ0) is 7.68. The summed E-state index contributed by atoms with van der Waals surface area (Å²) >= 11 is 0. The Balaban J connectivity index is 1.98. The van der Waals surface area contributed by atoms with E-state index in [9.17, 15) is 0 Å². The van der Waals surface area contributed by atoms with Gasteiger partial charge in [0.25, 0.3) is 0 Å². The molecule has 1 N–H and O–H groups in total. The van der Waals surface area contributed by atoms with Gasteiger partial charge in [-0.25, -0.2) is 4.99 Å². The van der Waals surface area contributed by atoms with Gasteiger partial charge >= 0.3 is 0 Å². The molecule has 0 aromatic heterocycles. The summed E-state index contributed by atoms with van der Waals surface area (Å²) < 4.78 is 5.44. The molecule has 2 rings (SSSR count). The third kappa shape index (κ3) is 1.38. The summed E-state index contributed by atoms with van der Waals surface area (Å²) in [4.78, 5) is 4.40. The molecule has 2 aliphatic heterocycles. The van der Waals surface area contributed by atoms with Gasteiger partial charge in [-0.3, -0.25) is 0 Å². The Hall–Kier alpha value is -0.570. The largest absolute Gasteiger partial charge is 0.478 e. The monoisotopic (exact) mass is 154 g/mol. The molecule has 2 atom stereocenters. The van der Waals surface area contributed by atoms with Crippen LogP contribution in [0, 0.1) is 0 Å². The number of rotatable bonds is 1. The minimum atomic E-state index is 0.368. The van der Waals surface area contributed by atoms with Crippen molar-refractivity contribution in [3.8, 4) is 0 Å². The highest BCUT2D eigenvalue weighted by Crippen LogP contribution is 2.13. The summed E-state index contributed by atoms with van der Waals surface area (Å²) in [7, 11) is 0. The number of hydrogen-bond acceptors (Lipinski definition) is 3. The van der Waals surface area contributed by atoms with E-state index in [0.717, 1.165) is 19.0 Å². The van der Waals surface area contributed by atoms with Crippen LogP contribution in [-0.4, -0.2) is 31.1 Å². The molecule has 0 spiro atoms. The molecule has 62 valence electrons. The standard InChI is InChI=1S/C8H14N2O/c1-6-5-11-8(10-6)7-3-2-4-9-7/h6-7,9H,2-5H2,1H3/t6-,7+/m1/s1. The molecule has 0 aliphatic carbocycles. The van der Waals surface area contributed by atoms with Gasteiger partial charge in [0.2, 0.25) is 5.90 Å². The maximum atomic E-state index is 5.44. The Labute approximate surface area is 66.8 Å². The van der Waals surface area contributed by atoms with Crippen LogP contribution in [0.3, 0.4) is 0 Å². The summed E-state index contributed by atoms with van der Waals surface area (Å²) in [5, 5.41) is 3.36. The van der Waals surface area contributed by atoms with Gasteiger partial charge in [-0.05, 0) is 26.3 Å². The molecule has 0 radical (unpaired) electrons. The van der Waals surface area contributed by atoms with E-state index in [1.54, 1.807) is 0 Å². The van der Waals surface area contributed by atoms with Crippen molar-refractivity contribution in [2.75, 3.05) is 13.2 Å². The van der Waals surface area contributed by atoms with Crippen molar-refractivity contribution in [3.63, 3.8) is 0 Å². The smallest absolute Gasteiger partial charge is 0.201 e. The van der Waals surface area contributed by atoms with E-state index in [2.05, 4.69) is 17.2 Å². The van der Waals surface area contributed by atoms with Crippen LogP contribution in [0.25, 0.3) is 0 Å². The van der Waals surface area contributed by atoms with E-state index >= 15 is 0 Å². The van der Waals surface area contributed by atoms with Crippen LogP contribution in [-0.2, 0) is 4.74 Å². The first kappa shape index (κ1) is 7.10. The second-order valence-corrected chi connectivity index (χ2v) is 3.28. The lowest BCUT2D eigenvalue weighted by atomic mass is 10.2. The molecule has 3 heteroatoms. The molecule has 0 unspecified atom stereocenters. The Morgan fingerprint density at radius 2 is 2.55 bits per heavy atom. The van der Waals surface area contributed by atoms with Crippen molar-refractivity contribution < 1.29 is 4.74 Å². The van der Waals surface area contributed by atoms with Gasteiger partial charge in [0, 0.05) is 0 Å². The van der Waals surface area contributed by atoms with Gasteiger partial charge in [0.15, 0.2) is 0 Å². The first-order valence-corrected chi connectivity index (χ1v) is 4.30. The van der Waals surface area contributed by atoms with Crippen LogP contribution in [0.1, 0.15) is 19.8 Å². The van der Waals surface area contributed by atoms with Crippen molar-refractivity contribution >= 4 is 5.90 Å². The van der Waals surface area contributed by atoms with Crippen molar-refractivity contribution in [3.05, 3.63) is 0 Å². The van der Waals surface area contributed by atoms with E-state index in [1.807, 2.05) is 0 Å². The van der Waals surface area contributed by atoms with E-state index in [4.69, 9.17) is 4.74 Å². The fourth-order valence-corrected chi connectivity index (χ4v) is 1.58. The Morgan fingerprint density at radius 1 is 1.64 bits per heavy atom. The van der Waals surface area contributed by atoms with Crippen LogP contribution in [0.15, 0.2) is 4.99 Å². The second kappa shape index (κ2) is 2.81. The van der Waals surface area contributed by atoms with Crippen LogP contribution in [0.5, 0.6) is 0 Å². The molecule has 1 fully saturated rings. The number of nitrogens with zero attached hydrogens (tertiary/aromatic N) is 1. The average Bonchev–Trinajstić information content (AvgIpc) is 2.55. The molecule has 0 bridgehead atoms. The molecular formula is C8H14N2O. The van der Waals surface area contributed by atoms with Gasteiger partial charge in [-0.1, -0.05) is 0 Å². The Morgan fingerprint density at radius 3 is 3.09 bits per heavy atom. The van der Waals surface area contributed by atoms with Gasteiger partial charge in [0.1, 0.15) is 6.61 Å². The minimum absolute atomic E-state index is 0.368. The van der Waals surface area contributed by atoms with Gasteiger partial charge < -0.3 is 10.1 Å². The molecular weight excluding hydrogens is 140 g/mol. The Bertz CT molecular complexity index is 173. The number of aliphatic imine (C=N–C) groups is 1. The maximum absolute atomic E-state index is 5.44. The zero-order valence-corrected chi connectivity index (χ0v) is 6.84. The summed E-state index contributed by atoms with van der Waals surface area (Å²) in [6.07, 6.45) is 2.44. The van der Waals surface area contributed by atoms with Crippen molar-refractivity contribution in [2.45, 2.75) is 31.8 Å². The summed E-state index contributed by atoms with van der Waals surface area (Å²) in [5.41, 5.74) is 0. The molecule has 0 amide bonds. The molecule has 0 saturated carbocycles. The fourth-order valence-electron chi connectivity index (χ4n) is 1.58. The number of ether oxygens (including phenoxy) is 1. The third-order valence-electron chi connectivity index (χ3n) is 2.18. The topological polar surface area (TPSA) is 33.6 Å². The third-order valence-corrected chi connectivity index (χ3v) is 2.18. The van der Waals surface area contributed by atoms with Crippen LogP contribution in [0.2, 0.25) is 0 Å². The van der Waals surface area contributed by atoms with E-state index in [1.165, 1.54) is 12.8 Å². The lowest BCUT2D eigenvalue weighted by Gasteiger charge is -2.08. The minimum Gasteiger partial charge on any atom is -0.478 e. The maximum Gasteiger partial charge on any atom is 0.201 e. The summed E-state index contributed by atoms with van der Waals surface area (Å²) in [6, 6.07) is 0.785. The predicted octanol–water partition coefficient (Wildman–Crippen LogP) is 0.556. The molecule has 0 aromatic rings. The van der Waals surface area contributed by atoms with Gasteiger partial charge in [-0.2, -0.15) is 0 Å². The van der Waals surface area contributed by atoms with Gasteiger partial charge in [-0.15, -0.1) is 0 Å². The molecule has 11 heavy (non-hydrogen) atoms. The van der Waals surface area contributed by atoms with Crippen LogP contribution in [0.4, 0.5) is 0 Å². The first-order chi connectivity index (χ1) is 5.36.